The molecular formula is C15H17N5O2S. The van der Waals surface area contributed by atoms with Crippen LogP contribution in [0.2, 0.25) is 0 Å². The summed E-state index contributed by atoms with van der Waals surface area (Å²) in [5, 5.41) is 14.3. The van der Waals surface area contributed by atoms with E-state index >= 15 is 0 Å². The molecule has 120 valence electrons. The predicted octanol–water partition coefficient (Wildman–Crippen LogP) is 1.28. The lowest BCUT2D eigenvalue weighted by atomic mass is 9.97. The Kier molecular flexibility index (Phi) is 3.50. The second-order valence-corrected chi connectivity index (χ2v) is 6.87. The zero-order chi connectivity index (χ0) is 16.0. The molecule has 4 rings (SSSR count). The number of aliphatic hydroxyl groups excluding tert-OH is 1. The summed E-state index contributed by atoms with van der Waals surface area (Å²) in [4.78, 5) is 25.1. The van der Waals surface area contributed by atoms with Crippen molar-refractivity contribution in [3.63, 3.8) is 0 Å². The van der Waals surface area contributed by atoms with Crippen molar-refractivity contribution in [2.24, 2.45) is 0 Å². The Bertz CT molecular complexity index is 900. The number of fused-ring (bicyclic) bond motifs is 5. The van der Waals surface area contributed by atoms with E-state index in [4.69, 9.17) is 5.11 Å². The van der Waals surface area contributed by atoms with E-state index in [1.165, 1.54) is 28.2 Å². The molecule has 1 N–H and O–H groups in total. The van der Waals surface area contributed by atoms with Gasteiger partial charge >= 0.3 is 0 Å². The SMILES string of the molecule is CN(CCO)C(=O)c1nc2c3c4c(sc3ncn2n1)CCCC4. The molecule has 0 saturated carbocycles. The van der Waals surface area contributed by atoms with E-state index in [0.717, 1.165) is 23.1 Å². The molecule has 0 aliphatic heterocycles. The minimum absolute atomic E-state index is 0.0839. The normalized spacial score (nSPS) is 14.3. The van der Waals surface area contributed by atoms with Crippen LogP contribution in [-0.2, 0) is 12.8 Å². The third-order valence-corrected chi connectivity index (χ3v) is 5.47. The van der Waals surface area contributed by atoms with Crippen LogP contribution in [0.4, 0.5) is 0 Å². The predicted molar refractivity (Wildman–Crippen MR) is 86.9 cm³/mol. The van der Waals surface area contributed by atoms with E-state index in [0.29, 0.717) is 5.65 Å². The number of aliphatic hydroxyl groups is 1. The highest BCUT2D eigenvalue weighted by Crippen LogP contribution is 2.36. The van der Waals surface area contributed by atoms with Crippen molar-refractivity contribution in [2.75, 3.05) is 20.2 Å². The summed E-state index contributed by atoms with van der Waals surface area (Å²) in [6.07, 6.45) is 6.16. The van der Waals surface area contributed by atoms with Gasteiger partial charge in [-0.3, -0.25) is 4.79 Å². The second-order valence-electron chi connectivity index (χ2n) is 5.79. The molecule has 0 spiro atoms. The van der Waals surface area contributed by atoms with Crippen LogP contribution in [0.3, 0.4) is 0 Å². The average molecular weight is 331 g/mol. The van der Waals surface area contributed by atoms with Gasteiger partial charge in [-0.05, 0) is 31.2 Å². The van der Waals surface area contributed by atoms with Crippen LogP contribution >= 0.6 is 11.3 Å². The molecule has 8 heteroatoms. The highest BCUT2D eigenvalue weighted by Gasteiger charge is 2.23. The van der Waals surface area contributed by atoms with Crippen LogP contribution in [0.25, 0.3) is 15.9 Å². The first kappa shape index (κ1) is 14.5. The number of aryl methyl sites for hydroxylation is 2. The van der Waals surface area contributed by atoms with Gasteiger partial charge in [0.15, 0.2) is 5.65 Å². The molecule has 23 heavy (non-hydrogen) atoms. The zero-order valence-electron chi connectivity index (χ0n) is 12.8. The van der Waals surface area contributed by atoms with Crippen molar-refractivity contribution in [1.29, 1.82) is 0 Å². The van der Waals surface area contributed by atoms with Gasteiger partial charge in [0.05, 0.1) is 12.0 Å². The Morgan fingerprint density at radius 2 is 2.26 bits per heavy atom. The number of rotatable bonds is 3. The van der Waals surface area contributed by atoms with Crippen molar-refractivity contribution >= 4 is 33.1 Å². The lowest BCUT2D eigenvalue weighted by molar-refractivity contribution is 0.0755. The average Bonchev–Trinajstić information content (AvgIpc) is 3.14. The molecule has 0 saturated heterocycles. The Balaban J connectivity index is 1.86. The quantitative estimate of drug-likeness (QED) is 0.782. The maximum Gasteiger partial charge on any atom is 0.293 e. The first-order chi connectivity index (χ1) is 11.2. The molecule has 1 aliphatic carbocycles. The van der Waals surface area contributed by atoms with Gasteiger partial charge < -0.3 is 10.0 Å². The van der Waals surface area contributed by atoms with Crippen LogP contribution in [0.1, 0.15) is 33.9 Å². The number of hydrogen-bond acceptors (Lipinski definition) is 6. The largest absolute Gasteiger partial charge is 0.395 e. The minimum atomic E-state index is -0.292. The van der Waals surface area contributed by atoms with Gasteiger partial charge in [0.25, 0.3) is 5.91 Å². The van der Waals surface area contributed by atoms with E-state index in [2.05, 4.69) is 15.1 Å². The number of carbonyl (C=O) groups excluding carboxylic acids is 1. The number of likely N-dealkylation sites (N-methyl/N-ethyl adjacent to an activating group) is 1. The zero-order valence-corrected chi connectivity index (χ0v) is 13.6. The summed E-state index contributed by atoms with van der Waals surface area (Å²) in [6, 6.07) is 0. The lowest BCUT2D eigenvalue weighted by Crippen LogP contribution is -2.30. The summed E-state index contributed by atoms with van der Waals surface area (Å²) in [5.74, 6) is -0.147. The summed E-state index contributed by atoms with van der Waals surface area (Å²) in [5.41, 5.74) is 2.03. The van der Waals surface area contributed by atoms with E-state index in [9.17, 15) is 4.79 Å². The molecule has 0 fully saturated rings. The maximum absolute atomic E-state index is 12.3. The van der Waals surface area contributed by atoms with Crippen molar-refractivity contribution in [3.8, 4) is 0 Å². The number of amides is 1. The van der Waals surface area contributed by atoms with Crippen molar-refractivity contribution in [1.82, 2.24) is 24.5 Å². The summed E-state index contributed by atoms with van der Waals surface area (Å²) in [6.45, 7) is 0.176. The van der Waals surface area contributed by atoms with E-state index in [1.807, 2.05) is 0 Å². The number of carbonyl (C=O) groups is 1. The molecule has 3 aromatic heterocycles. The highest BCUT2D eigenvalue weighted by atomic mass is 32.1. The number of hydrogen-bond donors (Lipinski definition) is 1. The Hall–Kier alpha value is -2.06. The lowest BCUT2D eigenvalue weighted by Gasteiger charge is -2.12. The smallest absolute Gasteiger partial charge is 0.293 e. The molecule has 1 amide bonds. The molecule has 0 unspecified atom stereocenters. The highest BCUT2D eigenvalue weighted by molar-refractivity contribution is 7.19. The molecule has 3 aromatic rings. The van der Waals surface area contributed by atoms with Crippen molar-refractivity contribution in [3.05, 3.63) is 22.6 Å². The molecule has 7 nitrogen and oxygen atoms in total. The molecule has 0 aromatic carbocycles. The second kappa shape index (κ2) is 5.54. The summed E-state index contributed by atoms with van der Waals surface area (Å²) in [7, 11) is 1.63. The van der Waals surface area contributed by atoms with Crippen LogP contribution in [0.15, 0.2) is 6.33 Å². The molecule has 0 bridgehead atoms. The molecule has 0 radical (unpaired) electrons. The van der Waals surface area contributed by atoms with Gasteiger partial charge in [-0.1, -0.05) is 0 Å². The summed E-state index contributed by atoms with van der Waals surface area (Å²) < 4.78 is 1.59. The van der Waals surface area contributed by atoms with Gasteiger partial charge in [0.2, 0.25) is 5.82 Å². The fourth-order valence-electron chi connectivity index (χ4n) is 3.07. The van der Waals surface area contributed by atoms with Gasteiger partial charge in [-0.15, -0.1) is 16.4 Å². The third-order valence-electron chi connectivity index (χ3n) is 4.27. The third kappa shape index (κ3) is 2.29. The van der Waals surface area contributed by atoms with Crippen molar-refractivity contribution < 1.29 is 9.90 Å². The standard InChI is InChI=1S/C15H17N5O2S/c1-19(6-7-21)15(22)12-17-13-11-9-4-2-3-5-10(9)23-14(11)16-8-20(13)18-12/h8,21H,2-7H2,1H3. The number of thiophene rings is 1. The molecular weight excluding hydrogens is 314 g/mol. The first-order valence-electron chi connectivity index (χ1n) is 7.71. The monoisotopic (exact) mass is 331 g/mol. The topological polar surface area (TPSA) is 83.6 Å². The van der Waals surface area contributed by atoms with Crippen LogP contribution < -0.4 is 0 Å². The summed E-state index contributed by atoms with van der Waals surface area (Å²) >= 11 is 1.73. The van der Waals surface area contributed by atoms with Crippen LogP contribution in [0, 0.1) is 0 Å². The fraction of sp³-hybridized carbons (Fsp3) is 0.467. The van der Waals surface area contributed by atoms with Gasteiger partial charge in [0.1, 0.15) is 11.2 Å². The number of aromatic nitrogens is 4. The maximum atomic E-state index is 12.3. The minimum Gasteiger partial charge on any atom is -0.395 e. The van der Waals surface area contributed by atoms with E-state index < -0.39 is 0 Å². The Labute approximate surface area is 136 Å². The fourth-order valence-corrected chi connectivity index (χ4v) is 4.29. The van der Waals surface area contributed by atoms with Gasteiger partial charge in [0, 0.05) is 18.5 Å². The van der Waals surface area contributed by atoms with Crippen LogP contribution in [0.5, 0.6) is 0 Å². The molecule has 3 heterocycles. The Morgan fingerprint density at radius 3 is 3.09 bits per heavy atom. The molecule has 0 atom stereocenters. The molecule has 1 aliphatic rings. The van der Waals surface area contributed by atoms with E-state index in [1.54, 1.807) is 29.2 Å². The van der Waals surface area contributed by atoms with E-state index in [-0.39, 0.29) is 24.9 Å². The van der Waals surface area contributed by atoms with Gasteiger partial charge in [-0.2, -0.15) is 0 Å². The van der Waals surface area contributed by atoms with Crippen LogP contribution in [-0.4, -0.2) is 55.7 Å². The number of nitrogens with zero attached hydrogens (tertiary/aromatic N) is 5. The van der Waals surface area contributed by atoms with Crippen molar-refractivity contribution in [2.45, 2.75) is 25.7 Å². The first-order valence-corrected chi connectivity index (χ1v) is 8.52. The van der Waals surface area contributed by atoms with Gasteiger partial charge in [-0.25, -0.2) is 14.5 Å². The Morgan fingerprint density at radius 1 is 1.43 bits per heavy atom.